The minimum absolute atomic E-state index is 0. The molecule has 1 unspecified atom stereocenters. The summed E-state index contributed by atoms with van der Waals surface area (Å²) >= 11 is 0. The first-order valence-corrected chi connectivity index (χ1v) is 12.6. The molecule has 1 rings (SSSR count). The number of allylic oxidation sites excluding steroid dienone is 2. The SMILES string of the molecule is CCC(CC)(c1ccc(CNC(=O)CCCCC=CC(C)C)cc1)C(C)(C[C@H](N)C(=O)O)OC.Cl. The van der Waals surface area contributed by atoms with Crippen molar-refractivity contribution in [3.8, 4) is 0 Å². The van der Waals surface area contributed by atoms with Crippen LogP contribution in [-0.4, -0.2) is 35.7 Å². The van der Waals surface area contributed by atoms with Gasteiger partial charge in [-0.3, -0.25) is 9.59 Å². The molecule has 0 aliphatic carbocycles. The normalized spacial score (nSPS) is 14.4. The molecule has 0 heterocycles. The summed E-state index contributed by atoms with van der Waals surface area (Å²) < 4.78 is 5.94. The van der Waals surface area contributed by atoms with Crippen LogP contribution in [0.3, 0.4) is 0 Å². The topological polar surface area (TPSA) is 102 Å². The smallest absolute Gasteiger partial charge is 0.320 e. The Hall–Kier alpha value is -1.89. The Bertz CT molecular complexity index is 791. The fourth-order valence-electron chi connectivity index (χ4n) is 4.84. The molecular formula is C28H47ClN2O4. The molecule has 35 heavy (non-hydrogen) atoms. The number of unbranched alkanes of at least 4 members (excludes halogenated alkanes) is 2. The highest BCUT2D eigenvalue weighted by atomic mass is 35.5. The first kappa shape index (κ1) is 33.1. The third kappa shape index (κ3) is 9.59. The molecule has 1 aromatic carbocycles. The Labute approximate surface area is 218 Å². The lowest BCUT2D eigenvalue weighted by Crippen LogP contribution is -2.54. The van der Waals surface area contributed by atoms with Gasteiger partial charge in [-0.2, -0.15) is 0 Å². The number of amides is 1. The van der Waals surface area contributed by atoms with Gasteiger partial charge in [0.15, 0.2) is 0 Å². The zero-order chi connectivity index (χ0) is 25.8. The van der Waals surface area contributed by atoms with Gasteiger partial charge in [-0.1, -0.05) is 64.1 Å². The van der Waals surface area contributed by atoms with Crippen molar-refractivity contribution in [2.45, 2.75) is 103 Å². The molecule has 1 aromatic rings. The molecule has 0 aliphatic rings. The minimum atomic E-state index is -1.03. The zero-order valence-electron chi connectivity index (χ0n) is 22.4. The van der Waals surface area contributed by atoms with Crippen molar-refractivity contribution in [3.63, 3.8) is 0 Å². The predicted octanol–water partition coefficient (Wildman–Crippen LogP) is 5.76. The molecule has 0 bridgehead atoms. The molecule has 0 aliphatic heterocycles. The highest BCUT2D eigenvalue weighted by molar-refractivity contribution is 5.85. The van der Waals surface area contributed by atoms with Crippen LogP contribution >= 0.6 is 12.4 Å². The summed E-state index contributed by atoms with van der Waals surface area (Å²) in [6, 6.07) is 7.19. The fraction of sp³-hybridized carbons (Fsp3) is 0.643. The van der Waals surface area contributed by atoms with E-state index < -0.39 is 17.6 Å². The highest BCUT2D eigenvalue weighted by Crippen LogP contribution is 2.46. The van der Waals surface area contributed by atoms with Gasteiger partial charge < -0.3 is 20.9 Å². The van der Waals surface area contributed by atoms with Crippen molar-refractivity contribution in [3.05, 3.63) is 47.5 Å². The monoisotopic (exact) mass is 510 g/mol. The molecule has 0 fully saturated rings. The molecule has 6 nitrogen and oxygen atoms in total. The second-order valence-corrected chi connectivity index (χ2v) is 9.76. The third-order valence-corrected chi connectivity index (χ3v) is 7.14. The van der Waals surface area contributed by atoms with Crippen LogP contribution in [0.1, 0.15) is 90.7 Å². The van der Waals surface area contributed by atoms with E-state index in [1.807, 2.05) is 19.1 Å². The van der Waals surface area contributed by atoms with Crippen molar-refractivity contribution in [2.75, 3.05) is 7.11 Å². The third-order valence-electron chi connectivity index (χ3n) is 7.14. The molecule has 200 valence electrons. The Morgan fingerprint density at radius 3 is 2.23 bits per heavy atom. The summed E-state index contributed by atoms with van der Waals surface area (Å²) in [5, 5.41) is 12.4. The number of hydrogen-bond acceptors (Lipinski definition) is 4. The maximum Gasteiger partial charge on any atom is 0.320 e. The number of rotatable bonds is 16. The van der Waals surface area contributed by atoms with Crippen LogP contribution < -0.4 is 11.1 Å². The van der Waals surface area contributed by atoms with E-state index in [0.717, 1.165) is 43.2 Å². The van der Waals surface area contributed by atoms with Gasteiger partial charge >= 0.3 is 5.97 Å². The molecular weight excluding hydrogens is 464 g/mol. The first-order valence-electron chi connectivity index (χ1n) is 12.6. The molecule has 4 N–H and O–H groups in total. The lowest BCUT2D eigenvalue weighted by atomic mass is 9.62. The van der Waals surface area contributed by atoms with Gasteiger partial charge in [0.2, 0.25) is 5.91 Å². The van der Waals surface area contributed by atoms with E-state index in [0.29, 0.717) is 18.9 Å². The average molecular weight is 511 g/mol. The molecule has 0 saturated carbocycles. The molecule has 0 saturated heterocycles. The van der Waals surface area contributed by atoms with E-state index in [-0.39, 0.29) is 30.2 Å². The van der Waals surface area contributed by atoms with E-state index in [1.165, 1.54) is 0 Å². The number of nitrogens with two attached hydrogens (primary N) is 1. The molecule has 7 heteroatoms. The van der Waals surface area contributed by atoms with E-state index in [1.54, 1.807) is 7.11 Å². The van der Waals surface area contributed by atoms with Gasteiger partial charge in [0.1, 0.15) is 6.04 Å². The van der Waals surface area contributed by atoms with Crippen LogP contribution in [-0.2, 0) is 26.3 Å². The highest BCUT2D eigenvalue weighted by Gasteiger charge is 2.48. The van der Waals surface area contributed by atoms with Crippen molar-refractivity contribution in [2.24, 2.45) is 11.7 Å². The molecule has 2 atom stereocenters. The number of nitrogens with one attached hydrogen (secondary N) is 1. The number of carbonyl (C=O) groups is 2. The summed E-state index contributed by atoms with van der Waals surface area (Å²) in [5.74, 6) is -0.384. The van der Waals surface area contributed by atoms with Crippen molar-refractivity contribution in [1.29, 1.82) is 0 Å². The van der Waals surface area contributed by atoms with Gasteiger partial charge in [0.05, 0.1) is 5.60 Å². The molecule has 0 aromatic heterocycles. The largest absolute Gasteiger partial charge is 0.480 e. The second kappa shape index (κ2) is 16.0. The number of carboxylic acids is 1. The van der Waals surface area contributed by atoms with Gasteiger partial charge in [-0.25, -0.2) is 0 Å². The number of carboxylic acid groups (broad SMARTS) is 1. The van der Waals surface area contributed by atoms with Crippen molar-refractivity contribution >= 4 is 24.3 Å². The molecule has 0 radical (unpaired) electrons. The number of hydrogen-bond donors (Lipinski definition) is 3. The summed E-state index contributed by atoms with van der Waals surface area (Å²) in [4.78, 5) is 23.6. The summed E-state index contributed by atoms with van der Waals surface area (Å²) in [6.45, 7) is 11.0. The van der Waals surface area contributed by atoms with Crippen molar-refractivity contribution in [1.82, 2.24) is 5.32 Å². The van der Waals surface area contributed by atoms with Crippen LogP contribution in [0.25, 0.3) is 0 Å². The Morgan fingerprint density at radius 1 is 1.14 bits per heavy atom. The Morgan fingerprint density at radius 2 is 1.74 bits per heavy atom. The maximum absolute atomic E-state index is 12.2. The summed E-state index contributed by atoms with van der Waals surface area (Å²) in [5.41, 5.74) is 6.89. The molecule has 0 spiro atoms. The quantitative estimate of drug-likeness (QED) is 0.194. The lowest BCUT2D eigenvalue weighted by molar-refractivity contribution is -0.142. The maximum atomic E-state index is 12.2. The number of ether oxygens (including phenoxy) is 1. The average Bonchev–Trinajstić information content (AvgIpc) is 2.81. The van der Waals surface area contributed by atoms with Crippen LogP contribution in [0, 0.1) is 5.92 Å². The number of aliphatic carboxylic acids is 1. The van der Waals surface area contributed by atoms with Crippen LogP contribution in [0.2, 0.25) is 0 Å². The first-order chi connectivity index (χ1) is 16.0. The fourth-order valence-corrected chi connectivity index (χ4v) is 4.84. The van der Waals surface area contributed by atoms with Gasteiger partial charge in [-0.15, -0.1) is 12.4 Å². The number of methoxy groups -OCH3 is 1. The molecule has 1 amide bonds. The number of carbonyl (C=O) groups excluding carboxylic acids is 1. The van der Waals surface area contributed by atoms with E-state index in [2.05, 4.69) is 57.3 Å². The second-order valence-electron chi connectivity index (χ2n) is 9.76. The lowest BCUT2D eigenvalue weighted by Gasteiger charge is -2.48. The van der Waals surface area contributed by atoms with E-state index >= 15 is 0 Å². The predicted molar refractivity (Wildman–Crippen MR) is 146 cm³/mol. The van der Waals surface area contributed by atoms with E-state index in [4.69, 9.17) is 10.5 Å². The Balaban J connectivity index is 0.0000116. The number of benzene rings is 1. The zero-order valence-corrected chi connectivity index (χ0v) is 23.2. The summed E-state index contributed by atoms with van der Waals surface area (Å²) in [6.07, 6.45) is 9.63. The van der Waals surface area contributed by atoms with Crippen LogP contribution in [0.4, 0.5) is 0 Å². The van der Waals surface area contributed by atoms with E-state index in [9.17, 15) is 14.7 Å². The van der Waals surface area contributed by atoms with Crippen LogP contribution in [0.15, 0.2) is 36.4 Å². The van der Waals surface area contributed by atoms with Crippen LogP contribution in [0.5, 0.6) is 0 Å². The van der Waals surface area contributed by atoms with Crippen molar-refractivity contribution < 1.29 is 19.4 Å². The minimum Gasteiger partial charge on any atom is -0.480 e. The Kier molecular flexibility index (Phi) is 15.1. The van der Waals surface area contributed by atoms with Gasteiger partial charge in [0, 0.05) is 31.9 Å². The number of halogens is 1. The van der Waals surface area contributed by atoms with Gasteiger partial charge in [-0.05, 0) is 56.1 Å². The standard InChI is InChI=1S/C28H46N2O4.ClH/c1-7-28(8-2,27(5,34-6)19-24(29)26(32)33)23-17-15-22(16-18-23)20-30-25(31)14-12-10-9-11-13-21(3)4;/h11,13,15-18,21,24H,7-10,12,14,19-20,29H2,1-6H3,(H,30,31)(H,32,33);1H/t24-,27?;/m0./s1. The van der Waals surface area contributed by atoms with Gasteiger partial charge in [0.25, 0.3) is 0 Å². The summed E-state index contributed by atoms with van der Waals surface area (Å²) in [7, 11) is 1.62.